The fourth-order valence-electron chi connectivity index (χ4n) is 6.07. The second kappa shape index (κ2) is 15.1. The van der Waals surface area contributed by atoms with Crippen molar-refractivity contribution < 1.29 is 23.0 Å². The molecule has 0 bridgehead atoms. The molecule has 1 saturated carbocycles. The summed E-state index contributed by atoms with van der Waals surface area (Å²) in [7, 11) is 0. The third kappa shape index (κ3) is 7.72. The van der Waals surface area contributed by atoms with Crippen LogP contribution in [0.3, 0.4) is 0 Å². The van der Waals surface area contributed by atoms with Crippen LogP contribution >= 0.6 is 0 Å². The average Bonchev–Trinajstić information content (AvgIpc) is 3.74. The van der Waals surface area contributed by atoms with Gasteiger partial charge in [0.1, 0.15) is 12.7 Å². The van der Waals surface area contributed by atoms with E-state index in [4.69, 9.17) is 9.47 Å². The van der Waals surface area contributed by atoms with Gasteiger partial charge in [0, 0.05) is 17.0 Å². The Labute approximate surface area is 286 Å². The van der Waals surface area contributed by atoms with Gasteiger partial charge in [0.2, 0.25) is 5.90 Å². The van der Waals surface area contributed by atoms with Crippen molar-refractivity contribution in [3.63, 3.8) is 0 Å². The van der Waals surface area contributed by atoms with Crippen LogP contribution in [0.4, 0.5) is 8.78 Å². The van der Waals surface area contributed by atoms with Gasteiger partial charge in [-0.25, -0.2) is 9.38 Å². The third-order valence-electron chi connectivity index (χ3n) is 9.20. The molecule has 2 heterocycles. The molecule has 0 radical (unpaired) electrons. The molecule has 4 aromatic rings. The number of ketones is 1. The number of carbonyl (C=O) groups excluding carboxylic acids is 1. The SMILES string of the molecule is O=C(c1ccc([C@H]2OC(c3ccccc3)=N[C@@H]2CF)cc1)C1CCC1.[CH3][Sn]([CH3])([CH3])[c]1ccc([C@H]2OC(c3ccccc3)=N[C@@H]2CF)cc1. The number of carbonyl (C=O) groups is 1. The predicted octanol–water partition coefficient (Wildman–Crippen LogP) is 8.61. The van der Waals surface area contributed by atoms with Crippen LogP contribution in [-0.2, 0) is 9.47 Å². The molecule has 5 nitrogen and oxygen atoms in total. The number of hydrogen-bond donors (Lipinski definition) is 0. The molecule has 7 rings (SSSR count). The zero-order valence-corrected chi connectivity index (χ0v) is 30.5. The summed E-state index contributed by atoms with van der Waals surface area (Å²) in [5, 5.41) is 0. The Kier molecular flexibility index (Phi) is 10.7. The van der Waals surface area contributed by atoms with Gasteiger partial charge in [-0.1, -0.05) is 48.9 Å². The first kappa shape index (κ1) is 34.0. The summed E-state index contributed by atoms with van der Waals surface area (Å²) in [6, 6.07) is 34.1. The van der Waals surface area contributed by atoms with Crippen LogP contribution in [-0.4, -0.2) is 61.4 Å². The number of hydrogen-bond acceptors (Lipinski definition) is 5. The van der Waals surface area contributed by atoms with E-state index in [-0.39, 0.29) is 17.8 Å². The number of nitrogens with zero attached hydrogens (tertiary/aromatic N) is 2. The van der Waals surface area contributed by atoms with Crippen LogP contribution in [0.5, 0.6) is 0 Å². The van der Waals surface area contributed by atoms with Crippen LogP contribution in [0.25, 0.3) is 0 Å². The molecule has 2 aliphatic heterocycles. The first-order valence-electron chi connectivity index (χ1n) is 16.7. The van der Waals surface area contributed by atoms with Gasteiger partial charge in [0.15, 0.2) is 11.9 Å². The van der Waals surface area contributed by atoms with E-state index < -0.39 is 49.9 Å². The molecule has 0 saturated heterocycles. The first-order chi connectivity index (χ1) is 23.2. The second-order valence-electron chi connectivity index (χ2n) is 13.6. The first-order valence-corrected chi connectivity index (χ1v) is 26.7. The molecule has 0 spiro atoms. The molecule has 0 N–H and O–H groups in total. The number of alkyl halides is 2. The third-order valence-corrected chi connectivity index (χ3v) is 15.1. The normalized spacial score (nSPS) is 21.9. The average molecular weight is 755 g/mol. The van der Waals surface area contributed by atoms with Gasteiger partial charge in [0.05, 0.1) is 0 Å². The molecule has 1 fully saturated rings. The molecule has 1 aliphatic carbocycles. The Bertz CT molecular complexity index is 1740. The molecular formula is C40H42F2N2O3Sn. The van der Waals surface area contributed by atoms with Gasteiger partial charge in [-0.15, -0.1) is 0 Å². The van der Waals surface area contributed by atoms with Gasteiger partial charge >= 0.3 is 141 Å². The maximum atomic E-state index is 13.4. The zero-order chi connectivity index (χ0) is 33.7. The monoisotopic (exact) mass is 756 g/mol. The van der Waals surface area contributed by atoms with Crippen LogP contribution in [0.2, 0.25) is 14.8 Å². The Hall–Kier alpha value is -3.85. The van der Waals surface area contributed by atoms with Gasteiger partial charge in [0.25, 0.3) is 0 Å². The molecule has 0 unspecified atom stereocenters. The number of benzene rings is 4. The topological polar surface area (TPSA) is 60.2 Å². The summed E-state index contributed by atoms with van der Waals surface area (Å²) < 4.78 is 40.3. The minimum absolute atomic E-state index is 0.181. The number of Topliss-reactive ketones (excluding diaryl/α,β-unsaturated/α-hetero) is 1. The molecule has 4 aromatic carbocycles. The van der Waals surface area contributed by atoms with Gasteiger partial charge in [-0.05, 0) is 30.5 Å². The molecule has 8 heteroatoms. The van der Waals surface area contributed by atoms with Crippen LogP contribution in [0.15, 0.2) is 119 Å². The summed E-state index contributed by atoms with van der Waals surface area (Å²) in [6.45, 7) is -1.09. The summed E-state index contributed by atoms with van der Waals surface area (Å²) in [4.78, 5) is 28.3. The quantitative estimate of drug-likeness (QED) is 0.127. The van der Waals surface area contributed by atoms with E-state index >= 15 is 0 Å². The van der Waals surface area contributed by atoms with Crippen LogP contribution < -0.4 is 3.58 Å². The van der Waals surface area contributed by atoms with Crippen molar-refractivity contribution in [2.45, 2.75) is 58.4 Å². The number of halogens is 2. The van der Waals surface area contributed by atoms with E-state index in [1.165, 1.54) is 3.58 Å². The van der Waals surface area contributed by atoms with E-state index in [2.05, 4.69) is 49.1 Å². The number of ether oxygens (including phenoxy) is 2. The Morgan fingerprint density at radius 1 is 0.667 bits per heavy atom. The van der Waals surface area contributed by atoms with E-state index in [1.54, 1.807) is 0 Å². The standard InChI is InChI=1S/C21H20FNO2.C16H13FNO.3CH3.Sn/c22-13-18-20(25-21(23-18)17-5-2-1-3-6-17)16-11-9-15(10-12-16)19(24)14-7-4-8-14;17-11-14-15(12-7-3-1-4-8-12)19-16(18-14)13-9-5-2-6-10-13;;;;/h1-3,5-6,9-12,14,18,20H,4,7-8,13H2;2-10,14-15H,11H2;3*1H3;/t18-,20-;14-,15-;;;;/m11..../s1. The van der Waals surface area contributed by atoms with Crippen LogP contribution in [0, 0.1) is 5.92 Å². The second-order valence-corrected chi connectivity index (χ2v) is 28.1. The molecule has 48 heavy (non-hydrogen) atoms. The molecule has 0 amide bonds. The van der Waals surface area contributed by atoms with Gasteiger partial charge < -0.3 is 4.74 Å². The summed E-state index contributed by atoms with van der Waals surface area (Å²) in [6.07, 6.45) is 2.34. The van der Waals surface area contributed by atoms with Gasteiger partial charge in [-0.3, -0.25) is 4.79 Å². The fraction of sp³-hybridized carbons (Fsp3) is 0.325. The molecule has 3 aliphatic rings. The van der Waals surface area contributed by atoms with Crippen molar-refractivity contribution >= 4 is 39.5 Å². The molecule has 248 valence electrons. The maximum absolute atomic E-state index is 13.4. The van der Waals surface area contributed by atoms with E-state index in [9.17, 15) is 13.6 Å². The van der Waals surface area contributed by atoms with Crippen molar-refractivity contribution in [3.05, 3.63) is 137 Å². The van der Waals surface area contributed by atoms with Crippen molar-refractivity contribution in [2.24, 2.45) is 15.9 Å². The number of aliphatic imine (C=N–C) groups is 2. The zero-order valence-electron chi connectivity index (χ0n) is 27.7. The van der Waals surface area contributed by atoms with Gasteiger partial charge in [-0.2, -0.15) is 0 Å². The van der Waals surface area contributed by atoms with E-state index in [0.717, 1.165) is 47.1 Å². The Balaban J connectivity index is 0.000000168. The summed E-state index contributed by atoms with van der Waals surface area (Å²) in [5.41, 5.74) is 4.33. The molecule has 0 aromatic heterocycles. The van der Waals surface area contributed by atoms with Crippen molar-refractivity contribution in [3.8, 4) is 0 Å². The predicted molar refractivity (Wildman–Crippen MR) is 191 cm³/mol. The Morgan fingerprint density at radius 2 is 1.10 bits per heavy atom. The summed E-state index contributed by atoms with van der Waals surface area (Å²) >= 11 is -2.06. The van der Waals surface area contributed by atoms with Crippen LogP contribution in [0.1, 0.15) is 64.1 Å². The van der Waals surface area contributed by atoms with Crippen molar-refractivity contribution in [2.75, 3.05) is 13.3 Å². The van der Waals surface area contributed by atoms with Crippen molar-refractivity contribution in [1.82, 2.24) is 0 Å². The molecule has 4 atom stereocenters. The van der Waals surface area contributed by atoms with Crippen molar-refractivity contribution in [1.29, 1.82) is 0 Å². The number of rotatable bonds is 9. The molecular weight excluding hydrogens is 713 g/mol. The van der Waals surface area contributed by atoms with E-state index in [0.29, 0.717) is 11.8 Å². The fourth-order valence-corrected chi connectivity index (χ4v) is 9.40. The Morgan fingerprint density at radius 3 is 1.48 bits per heavy atom. The van der Waals surface area contributed by atoms with E-state index in [1.807, 2.05) is 84.9 Å². The minimum atomic E-state index is -2.06. The summed E-state index contributed by atoms with van der Waals surface area (Å²) in [5.74, 6) is 1.41.